The Labute approximate surface area is 95.8 Å². The van der Waals surface area contributed by atoms with E-state index in [4.69, 9.17) is 16.0 Å². The Kier molecular flexibility index (Phi) is 2.66. The molecule has 0 bridgehead atoms. The third-order valence-corrected chi connectivity index (χ3v) is 2.64. The molecular formula is C7H2BrClN2O2S. The van der Waals surface area contributed by atoms with Crippen molar-refractivity contribution in [2.75, 3.05) is 0 Å². The van der Waals surface area contributed by atoms with Crippen LogP contribution in [0.15, 0.2) is 25.9 Å². The van der Waals surface area contributed by atoms with Gasteiger partial charge in [-0.2, -0.15) is 0 Å². The summed E-state index contributed by atoms with van der Waals surface area (Å²) in [6, 6.07) is 1.69. The van der Waals surface area contributed by atoms with Crippen LogP contribution in [0.4, 0.5) is 0 Å². The molecule has 2 rings (SSSR count). The second kappa shape index (κ2) is 3.80. The fraction of sp³-hybridized carbons (Fsp3) is 0. The Morgan fingerprint density at radius 1 is 1.57 bits per heavy atom. The normalized spacial score (nSPS) is 10.4. The molecule has 0 N–H and O–H groups in total. The van der Waals surface area contributed by atoms with Crippen LogP contribution in [-0.4, -0.2) is 9.36 Å². The zero-order valence-corrected chi connectivity index (χ0v) is 9.69. The van der Waals surface area contributed by atoms with Crippen molar-refractivity contribution in [3.8, 4) is 11.5 Å². The van der Waals surface area contributed by atoms with E-state index < -0.39 is 4.94 Å². The highest BCUT2D eigenvalue weighted by Crippen LogP contribution is 2.26. The highest BCUT2D eigenvalue weighted by atomic mass is 79.9. The Hall–Kier alpha value is -0.720. The fourth-order valence-electron chi connectivity index (χ4n) is 0.872. The zero-order valence-electron chi connectivity index (χ0n) is 6.53. The van der Waals surface area contributed by atoms with Crippen molar-refractivity contribution in [3.05, 3.63) is 31.6 Å². The Morgan fingerprint density at radius 3 is 3.00 bits per heavy atom. The first kappa shape index (κ1) is 9.82. The molecular weight excluding hydrogens is 292 g/mol. The van der Waals surface area contributed by atoms with Crippen LogP contribution in [0.5, 0.6) is 0 Å². The molecule has 72 valence electrons. The molecule has 0 unspecified atom stereocenters. The van der Waals surface area contributed by atoms with Gasteiger partial charge in [-0.3, -0.25) is 0 Å². The first-order valence-electron chi connectivity index (χ1n) is 3.45. The van der Waals surface area contributed by atoms with E-state index in [0.29, 0.717) is 5.56 Å². The molecule has 14 heavy (non-hydrogen) atoms. The Morgan fingerprint density at radius 2 is 2.36 bits per heavy atom. The second-order valence-electron chi connectivity index (χ2n) is 2.33. The van der Waals surface area contributed by atoms with E-state index in [-0.39, 0.29) is 11.0 Å². The van der Waals surface area contributed by atoms with Gasteiger partial charge in [0.25, 0.3) is 0 Å². The van der Waals surface area contributed by atoms with Crippen molar-refractivity contribution in [1.29, 1.82) is 0 Å². The van der Waals surface area contributed by atoms with Gasteiger partial charge < -0.3 is 4.42 Å². The van der Waals surface area contributed by atoms with E-state index in [1.165, 1.54) is 0 Å². The largest absolute Gasteiger partial charge is 0.414 e. The van der Waals surface area contributed by atoms with Crippen LogP contribution in [0.3, 0.4) is 0 Å². The topological polar surface area (TPSA) is 56.0 Å². The molecule has 2 aromatic heterocycles. The van der Waals surface area contributed by atoms with Gasteiger partial charge in [0.05, 0.1) is 17.1 Å². The summed E-state index contributed by atoms with van der Waals surface area (Å²) in [6.07, 6.45) is 1.55. The molecule has 0 aromatic carbocycles. The third kappa shape index (κ3) is 1.87. The predicted molar refractivity (Wildman–Crippen MR) is 56.6 cm³/mol. The monoisotopic (exact) mass is 292 g/mol. The number of aromatic nitrogens is 2. The molecule has 0 amide bonds. The summed E-state index contributed by atoms with van der Waals surface area (Å²) in [5.74, 6) is 0.193. The van der Waals surface area contributed by atoms with Crippen LogP contribution >= 0.6 is 39.1 Å². The third-order valence-electron chi connectivity index (χ3n) is 1.42. The van der Waals surface area contributed by atoms with E-state index in [0.717, 1.165) is 16.0 Å². The van der Waals surface area contributed by atoms with E-state index >= 15 is 0 Å². The SMILES string of the molecule is O=c1oc(-c2cc(Br)cnc2Cl)ns1. The van der Waals surface area contributed by atoms with Crippen LogP contribution < -0.4 is 4.94 Å². The van der Waals surface area contributed by atoms with Crippen LogP contribution in [0.25, 0.3) is 11.5 Å². The summed E-state index contributed by atoms with van der Waals surface area (Å²) in [7, 11) is 0. The number of rotatable bonds is 1. The maximum atomic E-state index is 10.8. The fourth-order valence-corrected chi connectivity index (χ4v) is 1.80. The highest BCUT2D eigenvalue weighted by Gasteiger charge is 2.11. The number of pyridine rings is 1. The summed E-state index contributed by atoms with van der Waals surface area (Å²) in [6.45, 7) is 0. The molecule has 2 aromatic rings. The van der Waals surface area contributed by atoms with Gasteiger partial charge in [0.1, 0.15) is 5.15 Å². The van der Waals surface area contributed by atoms with Crippen molar-refractivity contribution < 1.29 is 4.42 Å². The van der Waals surface area contributed by atoms with Gasteiger partial charge in [-0.15, -0.1) is 4.37 Å². The summed E-state index contributed by atoms with van der Waals surface area (Å²) >= 11 is 9.79. The molecule has 0 aliphatic rings. The van der Waals surface area contributed by atoms with Gasteiger partial charge >= 0.3 is 4.94 Å². The molecule has 4 nitrogen and oxygen atoms in total. The van der Waals surface area contributed by atoms with Crippen molar-refractivity contribution in [3.63, 3.8) is 0 Å². The van der Waals surface area contributed by atoms with Gasteiger partial charge in [-0.25, -0.2) is 9.78 Å². The highest BCUT2D eigenvalue weighted by molar-refractivity contribution is 9.10. The van der Waals surface area contributed by atoms with E-state index in [1.54, 1.807) is 12.3 Å². The first-order valence-corrected chi connectivity index (χ1v) is 5.39. The summed E-state index contributed by atoms with van der Waals surface area (Å²) in [5, 5.41) is 0.252. The minimum Gasteiger partial charge on any atom is -0.394 e. The molecule has 0 aliphatic heterocycles. The van der Waals surface area contributed by atoms with E-state index in [2.05, 4.69) is 25.3 Å². The van der Waals surface area contributed by atoms with Gasteiger partial charge in [0, 0.05) is 10.7 Å². The Bertz CT molecular complexity index is 524. The van der Waals surface area contributed by atoms with Gasteiger partial charge in [0.15, 0.2) is 0 Å². The van der Waals surface area contributed by atoms with Crippen molar-refractivity contribution in [2.24, 2.45) is 0 Å². The summed E-state index contributed by atoms with van der Waals surface area (Å²) in [4.78, 5) is 14.2. The predicted octanol–water partition coefficient (Wildman–Crippen LogP) is 2.57. The smallest absolute Gasteiger partial charge is 0.394 e. The van der Waals surface area contributed by atoms with E-state index in [9.17, 15) is 4.79 Å². The molecule has 0 spiro atoms. The molecule has 0 radical (unpaired) electrons. The van der Waals surface area contributed by atoms with Crippen molar-refractivity contribution in [2.45, 2.75) is 0 Å². The molecule has 2 heterocycles. The zero-order chi connectivity index (χ0) is 10.1. The lowest BCUT2D eigenvalue weighted by atomic mass is 10.3. The Balaban J connectivity index is 2.61. The number of hydrogen-bond acceptors (Lipinski definition) is 5. The van der Waals surface area contributed by atoms with Gasteiger partial charge in [-0.1, -0.05) is 11.6 Å². The number of halogens is 2. The number of hydrogen-bond donors (Lipinski definition) is 0. The second-order valence-corrected chi connectivity index (χ2v) is 4.30. The van der Waals surface area contributed by atoms with Crippen LogP contribution in [-0.2, 0) is 0 Å². The van der Waals surface area contributed by atoms with Gasteiger partial charge in [-0.05, 0) is 22.0 Å². The molecule has 0 fully saturated rings. The lowest BCUT2D eigenvalue weighted by Crippen LogP contribution is -1.85. The van der Waals surface area contributed by atoms with E-state index in [1.807, 2.05) is 0 Å². The summed E-state index contributed by atoms with van der Waals surface area (Å²) in [5.41, 5.74) is 0.499. The standard InChI is InChI=1S/C7H2BrClN2O2S/c8-3-1-4(5(9)10-2-3)6-11-14-7(12)13-6/h1-2H. The molecule has 7 heteroatoms. The first-order chi connectivity index (χ1) is 6.66. The van der Waals surface area contributed by atoms with Crippen LogP contribution in [0.1, 0.15) is 0 Å². The minimum absolute atomic E-state index is 0.193. The maximum Gasteiger partial charge on any atom is 0.414 e. The molecule has 0 atom stereocenters. The molecule has 0 saturated heterocycles. The van der Waals surface area contributed by atoms with Crippen LogP contribution in [0, 0.1) is 0 Å². The lowest BCUT2D eigenvalue weighted by Gasteiger charge is -1.97. The average Bonchev–Trinajstić information content (AvgIpc) is 2.56. The lowest BCUT2D eigenvalue weighted by molar-refractivity contribution is 0.543. The minimum atomic E-state index is -0.462. The molecule has 0 saturated carbocycles. The van der Waals surface area contributed by atoms with Gasteiger partial charge in [0.2, 0.25) is 5.89 Å². The number of nitrogens with zero attached hydrogens (tertiary/aromatic N) is 2. The quantitative estimate of drug-likeness (QED) is 0.758. The summed E-state index contributed by atoms with van der Waals surface area (Å²) < 4.78 is 9.36. The van der Waals surface area contributed by atoms with Crippen LogP contribution in [0.2, 0.25) is 5.15 Å². The van der Waals surface area contributed by atoms with Crippen molar-refractivity contribution >= 4 is 39.1 Å². The molecule has 0 aliphatic carbocycles. The maximum absolute atomic E-state index is 10.8. The van der Waals surface area contributed by atoms with Crippen molar-refractivity contribution in [1.82, 2.24) is 9.36 Å². The average molecular weight is 294 g/mol.